The smallest absolute Gasteiger partial charge is 0.337 e. The van der Waals surface area contributed by atoms with Gasteiger partial charge in [-0.3, -0.25) is 4.98 Å². The first-order valence-electron chi connectivity index (χ1n) is 4.72. The molecule has 1 aromatic heterocycles. The Hall–Kier alpha value is -1.94. The van der Waals surface area contributed by atoms with Gasteiger partial charge < -0.3 is 5.11 Å². The first-order chi connectivity index (χ1) is 8.08. The number of rotatable bonds is 2. The van der Waals surface area contributed by atoms with Gasteiger partial charge in [-0.1, -0.05) is 11.6 Å². The Morgan fingerprint density at radius 3 is 2.59 bits per heavy atom. The number of aromatic carboxylic acids is 1. The number of aromatic nitrogens is 1. The van der Waals surface area contributed by atoms with E-state index in [9.17, 15) is 9.18 Å². The van der Waals surface area contributed by atoms with Crippen molar-refractivity contribution in [3.05, 3.63) is 52.9 Å². The van der Waals surface area contributed by atoms with E-state index >= 15 is 0 Å². The molecule has 0 fully saturated rings. The van der Waals surface area contributed by atoms with E-state index in [1.807, 2.05) is 0 Å². The molecule has 0 aliphatic carbocycles. The van der Waals surface area contributed by atoms with Gasteiger partial charge in [-0.2, -0.15) is 0 Å². The number of carboxylic acid groups (broad SMARTS) is 1. The maximum absolute atomic E-state index is 13.0. The fourth-order valence-corrected chi connectivity index (χ4v) is 1.53. The number of hydrogen-bond donors (Lipinski definition) is 1. The van der Waals surface area contributed by atoms with Crippen molar-refractivity contribution < 1.29 is 14.3 Å². The fraction of sp³-hybridized carbons (Fsp3) is 0. The van der Waals surface area contributed by atoms with Crippen molar-refractivity contribution in [2.24, 2.45) is 0 Å². The average molecular weight is 252 g/mol. The molecule has 0 atom stereocenters. The fourth-order valence-electron chi connectivity index (χ4n) is 1.35. The Morgan fingerprint density at radius 2 is 2.06 bits per heavy atom. The molecule has 0 saturated heterocycles. The number of benzene rings is 1. The van der Waals surface area contributed by atoms with E-state index in [-0.39, 0.29) is 10.6 Å². The molecule has 17 heavy (non-hydrogen) atoms. The number of nitrogens with zero attached hydrogens (tertiary/aromatic N) is 1. The lowest BCUT2D eigenvalue weighted by Gasteiger charge is -2.02. The van der Waals surface area contributed by atoms with Gasteiger partial charge in [0.1, 0.15) is 5.82 Å². The normalized spacial score (nSPS) is 10.2. The lowest BCUT2D eigenvalue weighted by Crippen LogP contribution is -1.97. The summed E-state index contributed by atoms with van der Waals surface area (Å²) in [5.41, 5.74) is 1.27. The van der Waals surface area contributed by atoms with Gasteiger partial charge in [-0.05, 0) is 30.3 Å². The molecule has 2 rings (SSSR count). The Labute approximate surface area is 101 Å². The summed E-state index contributed by atoms with van der Waals surface area (Å²) < 4.78 is 13.0. The van der Waals surface area contributed by atoms with Crippen LogP contribution < -0.4 is 0 Å². The summed E-state index contributed by atoms with van der Waals surface area (Å²) in [4.78, 5) is 14.6. The molecule has 1 N–H and O–H groups in total. The van der Waals surface area contributed by atoms with Gasteiger partial charge in [0.2, 0.25) is 0 Å². The molecule has 0 spiro atoms. The molecule has 2 aromatic rings. The van der Waals surface area contributed by atoms with Gasteiger partial charge in [0.05, 0.1) is 16.3 Å². The van der Waals surface area contributed by atoms with E-state index in [0.717, 1.165) is 0 Å². The van der Waals surface area contributed by atoms with Crippen LogP contribution in [0.25, 0.3) is 11.3 Å². The largest absolute Gasteiger partial charge is 0.478 e. The summed E-state index contributed by atoms with van der Waals surface area (Å²) in [6.07, 6.45) is 1.24. The van der Waals surface area contributed by atoms with Crippen molar-refractivity contribution >= 4 is 17.6 Å². The van der Waals surface area contributed by atoms with E-state index in [0.29, 0.717) is 11.3 Å². The monoisotopic (exact) mass is 251 g/mol. The SMILES string of the molecule is O=C(O)c1ccc(-c2ccc(F)c(Cl)c2)nc1. The number of pyridine rings is 1. The van der Waals surface area contributed by atoms with Gasteiger partial charge >= 0.3 is 5.97 Å². The summed E-state index contributed by atoms with van der Waals surface area (Å²) in [6.45, 7) is 0. The van der Waals surface area contributed by atoms with Crippen molar-refractivity contribution in [1.82, 2.24) is 4.98 Å². The van der Waals surface area contributed by atoms with Crippen LogP contribution in [0.1, 0.15) is 10.4 Å². The predicted molar refractivity (Wildman–Crippen MR) is 61.6 cm³/mol. The zero-order valence-corrected chi connectivity index (χ0v) is 9.28. The van der Waals surface area contributed by atoms with Gasteiger partial charge in [0.25, 0.3) is 0 Å². The zero-order valence-electron chi connectivity index (χ0n) is 8.52. The molecule has 0 aliphatic rings. The first kappa shape index (κ1) is 11.5. The third-order valence-electron chi connectivity index (χ3n) is 2.23. The van der Waals surface area contributed by atoms with Crippen molar-refractivity contribution in [3.63, 3.8) is 0 Å². The van der Waals surface area contributed by atoms with Crippen molar-refractivity contribution in [3.8, 4) is 11.3 Å². The molecule has 0 aliphatic heterocycles. The van der Waals surface area contributed by atoms with Gasteiger partial charge in [0, 0.05) is 11.8 Å². The molecule has 0 radical (unpaired) electrons. The second-order valence-electron chi connectivity index (χ2n) is 3.37. The minimum Gasteiger partial charge on any atom is -0.478 e. The third-order valence-corrected chi connectivity index (χ3v) is 2.52. The van der Waals surface area contributed by atoms with E-state index in [2.05, 4.69) is 4.98 Å². The number of carbonyl (C=O) groups is 1. The molecular formula is C12H7ClFNO2. The number of halogens is 2. The predicted octanol–water partition coefficient (Wildman–Crippen LogP) is 3.24. The molecular weight excluding hydrogens is 245 g/mol. The van der Waals surface area contributed by atoms with Crippen molar-refractivity contribution in [2.45, 2.75) is 0 Å². The van der Waals surface area contributed by atoms with Crippen LogP contribution in [-0.4, -0.2) is 16.1 Å². The van der Waals surface area contributed by atoms with Crippen LogP contribution in [0.3, 0.4) is 0 Å². The first-order valence-corrected chi connectivity index (χ1v) is 5.10. The Balaban J connectivity index is 2.39. The highest BCUT2D eigenvalue weighted by molar-refractivity contribution is 6.31. The van der Waals surface area contributed by atoms with E-state index in [1.165, 1.54) is 30.5 Å². The minimum atomic E-state index is -1.04. The number of hydrogen-bond acceptors (Lipinski definition) is 2. The van der Waals surface area contributed by atoms with Crippen LogP contribution in [0.5, 0.6) is 0 Å². The topological polar surface area (TPSA) is 50.2 Å². The zero-order chi connectivity index (χ0) is 12.4. The van der Waals surface area contributed by atoms with Crippen LogP contribution in [0.2, 0.25) is 5.02 Å². The molecule has 3 nitrogen and oxygen atoms in total. The quantitative estimate of drug-likeness (QED) is 0.891. The molecule has 0 saturated carbocycles. The van der Waals surface area contributed by atoms with Crippen LogP contribution in [0.15, 0.2) is 36.5 Å². The molecule has 1 aromatic carbocycles. The standard InChI is InChI=1S/C12H7ClFNO2/c13-9-5-7(1-3-10(9)14)11-4-2-8(6-15-11)12(16)17/h1-6H,(H,16,17). The van der Waals surface area contributed by atoms with E-state index < -0.39 is 11.8 Å². The molecule has 0 unspecified atom stereocenters. The Morgan fingerprint density at radius 1 is 1.29 bits per heavy atom. The summed E-state index contributed by atoms with van der Waals surface area (Å²) >= 11 is 5.65. The average Bonchev–Trinajstić information content (AvgIpc) is 2.33. The lowest BCUT2D eigenvalue weighted by molar-refractivity contribution is 0.0696. The molecule has 0 bridgehead atoms. The van der Waals surface area contributed by atoms with E-state index in [4.69, 9.17) is 16.7 Å². The maximum atomic E-state index is 13.0. The van der Waals surface area contributed by atoms with Crippen LogP contribution in [0, 0.1) is 5.82 Å². The molecule has 1 heterocycles. The van der Waals surface area contributed by atoms with Gasteiger partial charge in [-0.25, -0.2) is 9.18 Å². The molecule has 5 heteroatoms. The third kappa shape index (κ3) is 2.42. The van der Waals surface area contributed by atoms with Gasteiger partial charge in [-0.15, -0.1) is 0 Å². The Bertz CT molecular complexity index is 569. The lowest BCUT2D eigenvalue weighted by atomic mass is 10.1. The summed E-state index contributed by atoms with van der Waals surface area (Å²) in [7, 11) is 0. The van der Waals surface area contributed by atoms with E-state index in [1.54, 1.807) is 6.07 Å². The highest BCUT2D eigenvalue weighted by Crippen LogP contribution is 2.23. The highest BCUT2D eigenvalue weighted by atomic mass is 35.5. The minimum absolute atomic E-state index is 0.00612. The highest BCUT2D eigenvalue weighted by Gasteiger charge is 2.06. The van der Waals surface area contributed by atoms with Gasteiger partial charge in [0.15, 0.2) is 0 Å². The number of carboxylic acids is 1. The van der Waals surface area contributed by atoms with Crippen LogP contribution >= 0.6 is 11.6 Å². The summed E-state index contributed by atoms with van der Waals surface area (Å²) in [5, 5.41) is 8.72. The summed E-state index contributed by atoms with van der Waals surface area (Å²) in [6, 6.07) is 7.20. The van der Waals surface area contributed by atoms with Crippen LogP contribution in [-0.2, 0) is 0 Å². The second-order valence-corrected chi connectivity index (χ2v) is 3.77. The van der Waals surface area contributed by atoms with Crippen molar-refractivity contribution in [2.75, 3.05) is 0 Å². The molecule has 86 valence electrons. The van der Waals surface area contributed by atoms with Crippen LogP contribution in [0.4, 0.5) is 4.39 Å². The molecule has 0 amide bonds. The Kier molecular flexibility index (Phi) is 3.06. The second kappa shape index (κ2) is 4.51. The van der Waals surface area contributed by atoms with Crippen molar-refractivity contribution in [1.29, 1.82) is 0 Å². The maximum Gasteiger partial charge on any atom is 0.337 e. The summed E-state index contributed by atoms with van der Waals surface area (Å²) in [5.74, 6) is -1.54.